The molecule has 0 fully saturated rings. The number of hydrogen-bond acceptors (Lipinski definition) is 3. The minimum absolute atomic E-state index is 0.139. The Balaban J connectivity index is 3.32. The Morgan fingerprint density at radius 3 is 2.59 bits per heavy atom. The number of carbonyl (C=O) groups is 3. The van der Waals surface area contributed by atoms with Crippen LogP contribution in [0.1, 0.15) is 33.2 Å². The lowest BCUT2D eigenvalue weighted by atomic mass is 9.95. The van der Waals surface area contributed by atoms with Crippen molar-refractivity contribution in [3.63, 3.8) is 0 Å². The number of alkyl halides is 1. The van der Waals surface area contributed by atoms with Crippen LogP contribution in [0.15, 0.2) is 18.2 Å². The van der Waals surface area contributed by atoms with Crippen LogP contribution in [0.4, 0.5) is 0 Å². The number of benzene rings is 1. The van der Waals surface area contributed by atoms with Crippen LogP contribution in [-0.2, 0) is 16.0 Å². The zero-order valence-electron chi connectivity index (χ0n) is 9.14. The summed E-state index contributed by atoms with van der Waals surface area (Å²) in [6.45, 7) is 1.40. The Hall–Kier alpha value is -1.49. The highest BCUT2D eigenvalue weighted by Crippen LogP contribution is 2.28. The number of carboxylic acid groups (broad SMARTS) is 1. The van der Waals surface area contributed by atoms with E-state index in [4.69, 9.17) is 5.11 Å². The molecule has 1 aromatic carbocycles. The maximum absolute atomic E-state index is 11.3. The summed E-state index contributed by atoms with van der Waals surface area (Å²) in [5.74, 6) is -1.18. The van der Waals surface area contributed by atoms with Crippen LogP contribution < -0.4 is 0 Å². The van der Waals surface area contributed by atoms with Gasteiger partial charge in [0, 0.05) is 5.56 Å². The van der Waals surface area contributed by atoms with Gasteiger partial charge in [-0.1, -0.05) is 34.1 Å². The van der Waals surface area contributed by atoms with Gasteiger partial charge in [-0.25, -0.2) is 0 Å². The van der Waals surface area contributed by atoms with Gasteiger partial charge < -0.3 is 5.11 Å². The summed E-state index contributed by atoms with van der Waals surface area (Å²) in [7, 11) is 0. The second-order valence-electron chi connectivity index (χ2n) is 3.58. The van der Waals surface area contributed by atoms with Crippen LogP contribution in [0.5, 0.6) is 0 Å². The van der Waals surface area contributed by atoms with Crippen LogP contribution in [-0.4, -0.2) is 23.1 Å². The van der Waals surface area contributed by atoms with Crippen molar-refractivity contribution in [1.82, 2.24) is 0 Å². The number of carboxylic acids is 1. The Labute approximate surface area is 107 Å². The maximum Gasteiger partial charge on any atom is 0.307 e. The number of rotatable bonds is 5. The normalized spacial score (nSPS) is 11.9. The molecule has 4 nitrogen and oxygen atoms in total. The van der Waals surface area contributed by atoms with Gasteiger partial charge in [-0.3, -0.25) is 14.4 Å². The molecule has 1 aromatic rings. The van der Waals surface area contributed by atoms with Crippen molar-refractivity contribution in [1.29, 1.82) is 0 Å². The first kappa shape index (κ1) is 13.6. The van der Waals surface area contributed by atoms with Crippen LogP contribution in [0.25, 0.3) is 0 Å². The molecule has 1 atom stereocenters. The van der Waals surface area contributed by atoms with E-state index in [1.54, 1.807) is 12.1 Å². The molecule has 0 aromatic heterocycles. The molecule has 0 heterocycles. The third kappa shape index (κ3) is 3.23. The Kier molecular flexibility index (Phi) is 4.57. The summed E-state index contributed by atoms with van der Waals surface area (Å²) >= 11 is 3.20. The summed E-state index contributed by atoms with van der Waals surface area (Å²) in [6.07, 6.45) is 0.321. The third-order valence-corrected chi connectivity index (χ3v) is 3.47. The van der Waals surface area contributed by atoms with Gasteiger partial charge in [0.1, 0.15) is 12.1 Å². The Morgan fingerprint density at radius 1 is 1.47 bits per heavy atom. The van der Waals surface area contributed by atoms with Crippen molar-refractivity contribution in [3.8, 4) is 0 Å². The van der Waals surface area contributed by atoms with Crippen molar-refractivity contribution >= 4 is 34.0 Å². The van der Waals surface area contributed by atoms with E-state index in [1.165, 1.54) is 13.0 Å². The number of halogens is 1. The smallest absolute Gasteiger partial charge is 0.307 e. The van der Waals surface area contributed by atoms with E-state index in [0.29, 0.717) is 23.0 Å². The largest absolute Gasteiger partial charge is 0.481 e. The zero-order chi connectivity index (χ0) is 13.0. The molecule has 5 heteroatoms. The average molecular weight is 299 g/mol. The number of aliphatic carboxylic acids is 1. The molecule has 90 valence electrons. The van der Waals surface area contributed by atoms with Crippen molar-refractivity contribution in [2.24, 2.45) is 0 Å². The molecule has 17 heavy (non-hydrogen) atoms. The summed E-state index contributed by atoms with van der Waals surface area (Å²) in [5.41, 5.74) is 1.21. The van der Waals surface area contributed by atoms with E-state index in [0.717, 1.165) is 0 Å². The van der Waals surface area contributed by atoms with Crippen LogP contribution in [0.2, 0.25) is 0 Å². The second-order valence-corrected chi connectivity index (χ2v) is 4.49. The van der Waals surface area contributed by atoms with Gasteiger partial charge in [0.2, 0.25) is 0 Å². The predicted octanol–water partition coefficient (Wildman–Crippen LogP) is 2.15. The monoisotopic (exact) mass is 298 g/mol. The summed E-state index contributed by atoms with van der Waals surface area (Å²) in [6, 6.07) is 4.81. The zero-order valence-corrected chi connectivity index (χ0v) is 10.7. The Morgan fingerprint density at radius 2 is 2.12 bits per heavy atom. The van der Waals surface area contributed by atoms with Gasteiger partial charge >= 0.3 is 5.97 Å². The lowest BCUT2D eigenvalue weighted by Gasteiger charge is -2.13. The van der Waals surface area contributed by atoms with Gasteiger partial charge in [0.15, 0.2) is 0 Å². The highest BCUT2D eigenvalue weighted by molar-refractivity contribution is 9.09. The van der Waals surface area contributed by atoms with Crippen LogP contribution in [0.3, 0.4) is 0 Å². The quantitative estimate of drug-likeness (QED) is 0.668. The van der Waals surface area contributed by atoms with Crippen LogP contribution >= 0.6 is 15.9 Å². The van der Waals surface area contributed by atoms with Crippen LogP contribution in [0, 0.1) is 0 Å². The number of ketones is 1. The summed E-state index contributed by atoms with van der Waals surface area (Å²) in [4.78, 5) is 32.3. The van der Waals surface area contributed by atoms with Gasteiger partial charge in [-0.15, -0.1) is 0 Å². The maximum atomic E-state index is 11.3. The van der Waals surface area contributed by atoms with E-state index in [-0.39, 0.29) is 12.2 Å². The molecule has 0 spiro atoms. The summed E-state index contributed by atoms with van der Waals surface area (Å²) in [5, 5.41) is 8.82. The first-order chi connectivity index (χ1) is 7.97. The van der Waals surface area contributed by atoms with Gasteiger partial charge in [-0.2, -0.15) is 0 Å². The van der Waals surface area contributed by atoms with E-state index in [2.05, 4.69) is 15.9 Å². The van der Waals surface area contributed by atoms with Gasteiger partial charge in [-0.05, 0) is 18.1 Å². The molecular weight excluding hydrogens is 288 g/mol. The molecule has 0 amide bonds. The number of Topliss-reactive ketones (excluding diaryl/α,β-unsaturated/α-hetero) is 1. The summed E-state index contributed by atoms with van der Waals surface area (Å²) < 4.78 is 0. The highest BCUT2D eigenvalue weighted by atomic mass is 79.9. The van der Waals surface area contributed by atoms with Gasteiger partial charge in [0.25, 0.3) is 0 Å². The lowest BCUT2D eigenvalue weighted by Crippen LogP contribution is -2.11. The van der Waals surface area contributed by atoms with E-state index in [9.17, 15) is 14.4 Å². The van der Waals surface area contributed by atoms with Crippen molar-refractivity contribution in [2.45, 2.75) is 18.2 Å². The minimum atomic E-state index is -1.04. The van der Waals surface area contributed by atoms with E-state index in [1.807, 2.05) is 0 Å². The lowest BCUT2D eigenvalue weighted by molar-refractivity contribution is -0.136. The first-order valence-corrected chi connectivity index (χ1v) is 5.82. The number of hydrogen-bond donors (Lipinski definition) is 1. The van der Waals surface area contributed by atoms with Crippen molar-refractivity contribution in [3.05, 3.63) is 34.9 Å². The molecular formula is C12H11BrO4. The molecule has 0 radical (unpaired) electrons. The fraction of sp³-hybridized carbons (Fsp3) is 0.250. The van der Waals surface area contributed by atoms with Crippen molar-refractivity contribution < 1.29 is 19.5 Å². The molecule has 0 aliphatic rings. The fourth-order valence-corrected chi connectivity index (χ4v) is 1.97. The molecule has 0 bridgehead atoms. The molecule has 1 rings (SSSR count). The molecule has 1 unspecified atom stereocenters. The van der Waals surface area contributed by atoms with E-state index < -0.39 is 10.8 Å². The molecule has 0 saturated carbocycles. The number of carbonyl (C=O) groups excluding carboxylic acids is 2. The molecule has 0 saturated heterocycles. The first-order valence-electron chi connectivity index (χ1n) is 4.90. The molecule has 0 aliphatic carbocycles. The third-order valence-electron chi connectivity index (χ3n) is 2.33. The van der Waals surface area contributed by atoms with Gasteiger partial charge in [0.05, 0.1) is 11.2 Å². The van der Waals surface area contributed by atoms with E-state index >= 15 is 0 Å². The highest BCUT2D eigenvalue weighted by Gasteiger charge is 2.20. The molecule has 1 N–H and O–H groups in total. The molecule has 0 aliphatic heterocycles. The number of aldehydes is 1. The predicted molar refractivity (Wildman–Crippen MR) is 65.5 cm³/mol. The minimum Gasteiger partial charge on any atom is -0.481 e. The second kappa shape index (κ2) is 5.72. The SMILES string of the molecule is CC(=O)C(Br)c1cccc(C=O)c1CC(=O)O. The standard InChI is InChI=1S/C12H11BrO4/c1-7(15)12(13)9-4-2-3-8(6-14)10(9)5-11(16)17/h2-4,6,12H,5H2,1H3,(H,16,17). The topological polar surface area (TPSA) is 71.4 Å². The fourth-order valence-electron chi connectivity index (χ4n) is 1.55. The van der Waals surface area contributed by atoms with Crippen molar-refractivity contribution in [2.75, 3.05) is 0 Å². The Bertz CT molecular complexity index is 468. The average Bonchev–Trinajstić information content (AvgIpc) is 2.27.